The Morgan fingerprint density at radius 3 is 2.79 bits per heavy atom. The van der Waals surface area contributed by atoms with Gasteiger partial charge in [-0.3, -0.25) is 9.78 Å². The van der Waals surface area contributed by atoms with Crippen molar-refractivity contribution in [2.75, 3.05) is 33.2 Å². The maximum atomic E-state index is 13.1. The number of pyridine rings is 1. The number of piperidine rings is 2. The van der Waals surface area contributed by atoms with Crippen LogP contribution in [0.4, 0.5) is 0 Å². The van der Waals surface area contributed by atoms with E-state index in [9.17, 15) is 4.79 Å². The van der Waals surface area contributed by atoms with Crippen molar-refractivity contribution < 1.29 is 4.79 Å². The number of rotatable bonds is 3. The number of carbonyl (C=O) groups excluding carboxylic acids is 1. The van der Waals surface area contributed by atoms with E-state index in [1.54, 1.807) is 6.20 Å². The highest BCUT2D eigenvalue weighted by molar-refractivity contribution is 6.35. The van der Waals surface area contributed by atoms with Gasteiger partial charge in [0.15, 0.2) is 0 Å². The molecular weight excluding hydrogens is 370 g/mol. The Kier molecular flexibility index (Phi) is 5.88. The van der Waals surface area contributed by atoms with E-state index in [0.29, 0.717) is 35.1 Å². The fourth-order valence-electron chi connectivity index (χ4n) is 4.94. The lowest BCUT2D eigenvalue weighted by atomic mass is 9.83. The first kappa shape index (κ1) is 19.7. The third-order valence-corrected chi connectivity index (χ3v) is 6.81. The van der Waals surface area contributed by atoms with Gasteiger partial charge in [-0.2, -0.15) is 0 Å². The number of nitrogens with zero attached hydrogens (tertiary/aromatic N) is 3. The number of hydrogen-bond acceptors (Lipinski definition) is 3. The lowest BCUT2D eigenvalue weighted by Crippen LogP contribution is -2.43. The van der Waals surface area contributed by atoms with Crippen LogP contribution in [0.2, 0.25) is 5.02 Å². The number of fused-ring (bicyclic) bond motifs is 1. The van der Waals surface area contributed by atoms with Gasteiger partial charge in [0, 0.05) is 37.0 Å². The van der Waals surface area contributed by atoms with Crippen LogP contribution in [0, 0.1) is 11.8 Å². The van der Waals surface area contributed by atoms with Crippen LogP contribution in [0.3, 0.4) is 0 Å². The van der Waals surface area contributed by atoms with E-state index in [0.717, 1.165) is 56.3 Å². The summed E-state index contributed by atoms with van der Waals surface area (Å²) >= 11 is 6.36. The Hall–Kier alpha value is -1.65. The highest BCUT2D eigenvalue weighted by Crippen LogP contribution is 2.36. The molecule has 0 spiro atoms. The van der Waals surface area contributed by atoms with Crippen LogP contribution < -0.4 is 0 Å². The van der Waals surface area contributed by atoms with Gasteiger partial charge in [0.25, 0.3) is 0 Å². The first-order valence-electron chi connectivity index (χ1n) is 10.5. The van der Waals surface area contributed by atoms with Crippen molar-refractivity contribution in [2.24, 2.45) is 11.8 Å². The van der Waals surface area contributed by atoms with Crippen molar-refractivity contribution in [3.05, 3.63) is 41.0 Å². The van der Waals surface area contributed by atoms with Crippen molar-refractivity contribution in [3.8, 4) is 0 Å². The van der Waals surface area contributed by atoms with E-state index in [2.05, 4.69) is 40.9 Å². The smallest absolute Gasteiger partial charge is 0.222 e. The molecule has 2 aliphatic rings. The third-order valence-electron chi connectivity index (χ3n) is 6.51. The second-order valence-corrected chi connectivity index (χ2v) is 9.23. The molecule has 4 rings (SSSR count). The zero-order chi connectivity index (χ0) is 19.7. The molecule has 2 atom stereocenters. The van der Waals surface area contributed by atoms with Crippen LogP contribution in [0.25, 0.3) is 10.9 Å². The quantitative estimate of drug-likeness (QED) is 0.758. The minimum atomic E-state index is 0.336. The summed E-state index contributed by atoms with van der Waals surface area (Å²) in [4.78, 5) is 22.0. The standard InChI is InChI=1S/C23H30ClN3O/c1-16-12-18(19-5-6-21(24)23-20(19)4-3-9-25-23)15-27(14-16)22(28)13-17-7-10-26(2)11-8-17/h3-6,9,16-18H,7-8,10-15H2,1-2H3. The number of halogens is 1. The number of aromatic nitrogens is 1. The minimum Gasteiger partial charge on any atom is -0.342 e. The van der Waals surface area contributed by atoms with Crippen molar-refractivity contribution in [1.29, 1.82) is 0 Å². The first-order chi connectivity index (χ1) is 13.5. The predicted octanol–water partition coefficient (Wildman–Crippen LogP) is 4.57. The lowest BCUT2D eigenvalue weighted by Gasteiger charge is -2.38. The van der Waals surface area contributed by atoms with E-state index in [-0.39, 0.29) is 0 Å². The molecule has 2 aliphatic heterocycles. The van der Waals surface area contributed by atoms with E-state index >= 15 is 0 Å². The number of carbonyl (C=O) groups is 1. The van der Waals surface area contributed by atoms with Gasteiger partial charge < -0.3 is 9.80 Å². The topological polar surface area (TPSA) is 36.4 Å². The minimum absolute atomic E-state index is 0.336. The van der Waals surface area contributed by atoms with Crippen LogP contribution in [0.1, 0.15) is 44.1 Å². The summed E-state index contributed by atoms with van der Waals surface area (Å²) in [6.45, 7) is 6.17. The van der Waals surface area contributed by atoms with Crippen LogP contribution >= 0.6 is 11.6 Å². The number of hydrogen-bond donors (Lipinski definition) is 0. The Balaban J connectivity index is 1.51. The number of likely N-dealkylation sites (tertiary alicyclic amines) is 2. The van der Waals surface area contributed by atoms with E-state index in [4.69, 9.17) is 11.6 Å². The van der Waals surface area contributed by atoms with Crippen molar-refractivity contribution in [1.82, 2.24) is 14.8 Å². The van der Waals surface area contributed by atoms with Crippen LogP contribution in [0.15, 0.2) is 30.5 Å². The van der Waals surface area contributed by atoms with Gasteiger partial charge in [-0.1, -0.05) is 30.7 Å². The van der Waals surface area contributed by atoms with Gasteiger partial charge in [0.2, 0.25) is 5.91 Å². The second kappa shape index (κ2) is 8.38. The molecule has 0 bridgehead atoms. The molecule has 2 saturated heterocycles. The fourth-order valence-corrected chi connectivity index (χ4v) is 5.15. The molecule has 2 unspecified atom stereocenters. The summed E-state index contributed by atoms with van der Waals surface area (Å²) < 4.78 is 0. The molecule has 1 aromatic heterocycles. The Bertz CT molecular complexity index is 847. The van der Waals surface area contributed by atoms with Gasteiger partial charge in [-0.05, 0) is 68.9 Å². The Morgan fingerprint density at radius 1 is 1.21 bits per heavy atom. The molecule has 150 valence electrons. The maximum Gasteiger partial charge on any atom is 0.222 e. The summed E-state index contributed by atoms with van der Waals surface area (Å²) in [6.07, 6.45) is 5.88. The SMILES string of the molecule is CC1CC(c2ccc(Cl)c3ncccc23)CN(C(=O)CC2CCN(C)CC2)C1. The average Bonchev–Trinajstić information content (AvgIpc) is 2.70. The van der Waals surface area contributed by atoms with E-state index in [1.165, 1.54) is 5.56 Å². The number of benzene rings is 1. The summed E-state index contributed by atoms with van der Waals surface area (Å²) in [5, 5.41) is 1.82. The van der Waals surface area contributed by atoms with Gasteiger partial charge >= 0.3 is 0 Å². The van der Waals surface area contributed by atoms with E-state index in [1.807, 2.05) is 12.1 Å². The highest BCUT2D eigenvalue weighted by Gasteiger charge is 2.31. The molecule has 0 saturated carbocycles. The summed E-state index contributed by atoms with van der Waals surface area (Å²) in [7, 11) is 2.17. The third kappa shape index (κ3) is 4.18. The summed E-state index contributed by atoms with van der Waals surface area (Å²) in [6, 6.07) is 8.16. The largest absolute Gasteiger partial charge is 0.342 e. The molecule has 1 amide bonds. The molecule has 2 aromatic rings. The number of amides is 1. The summed E-state index contributed by atoms with van der Waals surface area (Å²) in [5.74, 6) is 1.72. The van der Waals surface area contributed by atoms with Gasteiger partial charge in [0.05, 0.1) is 10.5 Å². The van der Waals surface area contributed by atoms with E-state index < -0.39 is 0 Å². The maximum absolute atomic E-state index is 13.1. The molecule has 3 heterocycles. The molecule has 0 aliphatic carbocycles. The first-order valence-corrected chi connectivity index (χ1v) is 10.9. The van der Waals surface area contributed by atoms with Gasteiger partial charge in [-0.15, -0.1) is 0 Å². The predicted molar refractivity (Wildman–Crippen MR) is 115 cm³/mol. The monoisotopic (exact) mass is 399 g/mol. The van der Waals surface area contributed by atoms with Crippen molar-refractivity contribution >= 4 is 28.4 Å². The molecule has 4 nitrogen and oxygen atoms in total. The van der Waals surface area contributed by atoms with Crippen molar-refractivity contribution in [3.63, 3.8) is 0 Å². The molecule has 0 radical (unpaired) electrons. The summed E-state index contributed by atoms with van der Waals surface area (Å²) in [5.41, 5.74) is 2.14. The molecule has 1 aromatic carbocycles. The fraction of sp³-hybridized carbons (Fsp3) is 0.565. The van der Waals surface area contributed by atoms with Gasteiger partial charge in [0.1, 0.15) is 0 Å². The van der Waals surface area contributed by atoms with Crippen LogP contribution in [-0.4, -0.2) is 53.9 Å². The Labute approximate surface area is 172 Å². The highest BCUT2D eigenvalue weighted by atomic mass is 35.5. The molecular formula is C23H30ClN3O. The molecule has 2 fully saturated rings. The average molecular weight is 400 g/mol. The second-order valence-electron chi connectivity index (χ2n) is 8.82. The van der Waals surface area contributed by atoms with Crippen molar-refractivity contribution in [2.45, 2.75) is 38.5 Å². The Morgan fingerprint density at radius 2 is 2.00 bits per heavy atom. The van der Waals surface area contributed by atoms with Crippen LogP contribution in [-0.2, 0) is 4.79 Å². The molecule has 0 N–H and O–H groups in total. The molecule has 5 heteroatoms. The lowest BCUT2D eigenvalue weighted by molar-refractivity contribution is -0.134. The normalized spacial score (nSPS) is 24.6. The molecule has 28 heavy (non-hydrogen) atoms. The van der Waals surface area contributed by atoms with Crippen LogP contribution in [0.5, 0.6) is 0 Å². The zero-order valence-electron chi connectivity index (χ0n) is 16.9. The van der Waals surface area contributed by atoms with Gasteiger partial charge in [-0.25, -0.2) is 0 Å². The zero-order valence-corrected chi connectivity index (χ0v) is 17.7.